The van der Waals surface area contributed by atoms with E-state index >= 15 is 0 Å². The van der Waals surface area contributed by atoms with Gasteiger partial charge in [0.2, 0.25) is 0 Å². The summed E-state index contributed by atoms with van der Waals surface area (Å²) in [6.45, 7) is 9.36. The molecule has 0 spiro atoms. The Kier molecular flexibility index (Phi) is 3.33. The Labute approximate surface area is 114 Å². The van der Waals surface area contributed by atoms with Gasteiger partial charge in [-0.15, -0.1) is 0 Å². The van der Waals surface area contributed by atoms with E-state index in [4.69, 9.17) is 0 Å². The minimum atomic E-state index is -2.69. The van der Waals surface area contributed by atoms with Crippen molar-refractivity contribution >= 4 is 7.63 Å². The molecule has 2 aliphatic rings. The van der Waals surface area contributed by atoms with Crippen molar-refractivity contribution in [3.05, 3.63) is 43.2 Å². The summed E-state index contributed by atoms with van der Waals surface area (Å²) in [7, 11) is 2.35. The Morgan fingerprint density at radius 3 is 1.44 bits per heavy atom. The molecule has 18 heavy (non-hydrogen) atoms. The van der Waals surface area contributed by atoms with E-state index in [1.165, 1.54) is 0 Å². The van der Waals surface area contributed by atoms with Gasteiger partial charge in [0, 0.05) is 0 Å². The van der Waals surface area contributed by atoms with Gasteiger partial charge in [0.25, 0.3) is 0 Å². The molecule has 0 N–H and O–H groups in total. The Morgan fingerprint density at radius 2 is 1.22 bits per heavy atom. The van der Waals surface area contributed by atoms with Crippen LogP contribution in [0.2, 0.25) is 10.5 Å². The van der Waals surface area contributed by atoms with Gasteiger partial charge in [-0.3, -0.25) is 0 Å². The second-order valence-corrected chi connectivity index (χ2v) is 26.0. The van der Waals surface area contributed by atoms with Crippen molar-refractivity contribution < 1.29 is 14.0 Å². The minimum absolute atomic E-state index is 0.641. The van der Waals surface area contributed by atoms with Crippen LogP contribution in [0.15, 0.2) is 43.2 Å². The summed E-state index contributed by atoms with van der Waals surface area (Å²) in [5.41, 5.74) is 3.08. The number of hydrogen-bond acceptors (Lipinski definition) is 0. The van der Waals surface area contributed by atoms with E-state index < -0.39 is 14.0 Å². The molecule has 0 radical (unpaired) electrons. The maximum atomic E-state index is 2.61. The molecule has 98 valence electrons. The predicted octanol–water partition coefficient (Wildman–Crippen LogP) is 4.28. The van der Waals surface area contributed by atoms with E-state index in [2.05, 4.69) is 70.1 Å². The predicted molar refractivity (Wildman–Crippen MR) is 82.3 cm³/mol. The molecule has 0 nitrogen and oxygen atoms in total. The van der Waals surface area contributed by atoms with Crippen LogP contribution in [-0.4, -0.2) is 7.63 Å². The van der Waals surface area contributed by atoms with E-state index in [-0.39, 0.29) is 0 Å². The zero-order valence-corrected chi connectivity index (χ0v) is 15.6. The van der Waals surface area contributed by atoms with Crippen molar-refractivity contribution in [2.45, 2.75) is 38.2 Å². The third-order valence-corrected chi connectivity index (χ3v) is 15.9. The molecule has 0 saturated heterocycles. The van der Waals surface area contributed by atoms with Gasteiger partial charge in [0.1, 0.15) is 0 Å². The van der Waals surface area contributed by atoms with Gasteiger partial charge in [-0.25, -0.2) is 0 Å². The summed E-state index contributed by atoms with van der Waals surface area (Å²) >= 11 is -2.69. The van der Waals surface area contributed by atoms with Crippen molar-refractivity contribution in [1.29, 1.82) is 0 Å². The van der Waals surface area contributed by atoms with Crippen LogP contribution in [0.5, 0.6) is 0 Å². The molecule has 2 rings (SSSR count). The van der Waals surface area contributed by atoms with Crippen LogP contribution in [0.1, 0.15) is 27.7 Å². The molecule has 0 aromatic carbocycles. The van der Waals surface area contributed by atoms with Crippen molar-refractivity contribution in [2.24, 2.45) is 11.8 Å². The Bertz CT molecular complexity index is 532. The molecule has 0 bridgehead atoms. The molecular formula is C16H26SiTi. The normalized spacial score (nSPS) is 28.8. The van der Waals surface area contributed by atoms with E-state index in [1.54, 1.807) is 18.9 Å². The Hall–Kier alpha value is -0.109. The topological polar surface area (TPSA) is 0 Å². The monoisotopic (exact) mass is 294 g/mol. The van der Waals surface area contributed by atoms with Gasteiger partial charge in [-0.2, -0.15) is 0 Å². The van der Waals surface area contributed by atoms with Crippen LogP contribution in [0.25, 0.3) is 0 Å². The molecule has 0 aromatic rings. The van der Waals surface area contributed by atoms with Crippen molar-refractivity contribution in [1.82, 2.24) is 0 Å². The first-order valence-corrected chi connectivity index (χ1v) is 15.7. The molecule has 2 aliphatic carbocycles. The second kappa shape index (κ2) is 4.19. The molecule has 0 saturated carbocycles. The Morgan fingerprint density at radius 1 is 0.889 bits per heavy atom. The van der Waals surface area contributed by atoms with E-state index in [0.717, 1.165) is 0 Å². The molecule has 2 unspecified atom stereocenters. The van der Waals surface area contributed by atoms with Gasteiger partial charge in [0.15, 0.2) is 0 Å². The molecule has 0 aliphatic heterocycles. The first-order valence-electron chi connectivity index (χ1n) is 7.00. The second-order valence-electron chi connectivity index (χ2n) is 7.17. The molecular weight excluding hydrogens is 268 g/mol. The van der Waals surface area contributed by atoms with Gasteiger partial charge in [-0.05, 0) is 0 Å². The van der Waals surface area contributed by atoms with Crippen molar-refractivity contribution in [3.63, 3.8) is 0 Å². The Balaban J connectivity index is 2.65. The van der Waals surface area contributed by atoms with Crippen molar-refractivity contribution in [3.8, 4) is 0 Å². The van der Waals surface area contributed by atoms with E-state index in [0.29, 0.717) is 11.8 Å². The van der Waals surface area contributed by atoms with Crippen LogP contribution >= 0.6 is 0 Å². The maximum absolute atomic E-state index is 2.69. The van der Waals surface area contributed by atoms with Crippen LogP contribution in [0.4, 0.5) is 0 Å². The first-order chi connectivity index (χ1) is 8.13. The zero-order chi connectivity index (χ0) is 13.7. The third kappa shape index (κ3) is 2.01. The van der Waals surface area contributed by atoms with E-state index in [1.807, 2.05) is 0 Å². The van der Waals surface area contributed by atoms with Crippen molar-refractivity contribution in [2.75, 3.05) is 0 Å². The van der Waals surface area contributed by atoms with Gasteiger partial charge in [-0.1, -0.05) is 0 Å². The molecule has 2 heteroatoms. The average molecular weight is 294 g/mol. The van der Waals surface area contributed by atoms with Crippen LogP contribution < -0.4 is 0 Å². The summed E-state index contributed by atoms with van der Waals surface area (Å²) in [6, 6.07) is 0. The van der Waals surface area contributed by atoms with Crippen LogP contribution in [0.3, 0.4) is 0 Å². The fourth-order valence-electron chi connectivity index (χ4n) is 4.54. The number of rotatable bonds is 2. The SMILES string of the molecule is CC1=[C]([Ti]([CH3])([CH3])(=[SiH2])[C]2=C(C)C=CC2C)C(C)C=C1. The van der Waals surface area contributed by atoms with Gasteiger partial charge in [0.05, 0.1) is 0 Å². The van der Waals surface area contributed by atoms with Crippen LogP contribution in [-0.2, 0) is 14.0 Å². The summed E-state index contributed by atoms with van der Waals surface area (Å²) in [5.74, 6) is 1.28. The van der Waals surface area contributed by atoms with Crippen LogP contribution in [0, 0.1) is 11.8 Å². The van der Waals surface area contributed by atoms with E-state index in [9.17, 15) is 0 Å². The first kappa shape index (κ1) is 14.3. The average Bonchev–Trinajstić information content (AvgIpc) is 2.70. The summed E-state index contributed by atoms with van der Waals surface area (Å²) in [6.07, 6.45) is 9.45. The quantitative estimate of drug-likeness (QED) is 0.667. The molecule has 0 amide bonds. The fraction of sp³-hybridized carbons (Fsp3) is 0.500. The molecule has 0 aromatic heterocycles. The molecule has 2 atom stereocenters. The number of hydrogen-bond donors (Lipinski definition) is 0. The van der Waals surface area contributed by atoms with Gasteiger partial charge >= 0.3 is 115 Å². The zero-order valence-electron chi connectivity index (χ0n) is 12.7. The molecule has 0 heterocycles. The number of allylic oxidation sites excluding steroid dienone is 8. The molecule has 0 fully saturated rings. The summed E-state index contributed by atoms with van der Waals surface area (Å²) < 4.78 is 3.57. The summed E-state index contributed by atoms with van der Waals surface area (Å²) in [5, 5.41) is 5.22. The fourth-order valence-corrected chi connectivity index (χ4v) is 19.0. The summed E-state index contributed by atoms with van der Waals surface area (Å²) in [4.78, 5) is 0. The standard InChI is InChI=1S/2C7H9.2CH3.H2Si.Ti/c2*1-6-3-4-7(2)5-6;;;;/h2*3-4,6H,1-2H3;2*1H3;1H2;. The third-order valence-electron chi connectivity index (χ3n) is 4.76. The van der Waals surface area contributed by atoms with Gasteiger partial charge < -0.3 is 0 Å².